The lowest BCUT2D eigenvalue weighted by Crippen LogP contribution is -2.32. The first-order valence-electron chi connectivity index (χ1n) is 4.03. The van der Waals surface area contributed by atoms with Gasteiger partial charge >= 0.3 is 7.12 Å². The molecule has 0 aliphatic rings. The minimum Gasteiger partial charge on any atom is -0.423 e. The zero-order valence-corrected chi connectivity index (χ0v) is 8.21. The summed E-state index contributed by atoms with van der Waals surface area (Å²) in [5.74, 6) is 0.973. The fourth-order valence-electron chi connectivity index (χ4n) is 1.04. The molecule has 0 unspecified atom stereocenters. The van der Waals surface area contributed by atoms with Gasteiger partial charge in [0, 0.05) is 16.0 Å². The van der Waals surface area contributed by atoms with Crippen LogP contribution in [0.5, 0.6) is 0 Å². The van der Waals surface area contributed by atoms with Crippen molar-refractivity contribution in [3.05, 3.63) is 18.2 Å². The molecule has 0 saturated heterocycles. The third-order valence-corrected chi connectivity index (χ3v) is 2.52. The Hall–Kier alpha value is -0.645. The standard InChI is InChI=1S/C8H12BNO2S/c1-2-13-6-3-4-7(9(11)12)8(10)5-6/h3-5,11-12H,2,10H2,1H3. The molecule has 1 aromatic carbocycles. The molecule has 0 aliphatic heterocycles. The maximum Gasteiger partial charge on any atom is 0.490 e. The van der Waals surface area contributed by atoms with E-state index in [4.69, 9.17) is 15.8 Å². The van der Waals surface area contributed by atoms with Gasteiger partial charge in [0.05, 0.1) is 0 Å². The quantitative estimate of drug-likeness (QED) is 0.364. The maximum absolute atomic E-state index is 8.89. The molecule has 1 aromatic rings. The van der Waals surface area contributed by atoms with Crippen LogP contribution in [0.3, 0.4) is 0 Å². The molecule has 0 atom stereocenters. The molecular formula is C8H12BNO2S. The SMILES string of the molecule is CCSc1ccc(B(O)O)c(N)c1. The van der Waals surface area contributed by atoms with Crippen LogP contribution >= 0.6 is 11.8 Å². The third kappa shape index (κ3) is 2.65. The van der Waals surface area contributed by atoms with Crippen molar-refractivity contribution in [1.82, 2.24) is 0 Å². The third-order valence-electron chi connectivity index (χ3n) is 1.65. The fraction of sp³-hybridized carbons (Fsp3) is 0.250. The van der Waals surface area contributed by atoms with Gasteiger partial charge in [0.15, 0.2) is 0 Å². The molecule has 0 bridgehead atoms. The van der Waals surface area contributed by atoms with Gasteiger partial charge in [-0.25, -0.2) is 0 Å². The highest BCUT2D eigenvalue weighted by molar-refractivity contribution is 7.99. The van der Waals surface area contributed by atoms with E-state index in [1.165, 1.54) is 0 Å². The molecule has 0 aliphatic carbocycles. The van der Waals surface area contributed by atoms with Crippen LogP contribution in [0.2, 0.25) is 0 Å². The summed E-state index contributed by atoms with van der Waals surface area (Å²) in [6, 6.07) is 5.22. The number of nitrogens with two attached hydrogens (primary N) is 1. The summed E-state index contributed by atoms with van der Waals surface area (Å²) in [5.41, 5.74) is 6.41. The number of hydrogen-bond acceptors (Lipinski definition) is 4. The molecule has 0 spiro atoms. The van der Waals surface area contributed by atoms with Crippen molar-refractivity contribution in [3.63, 3.8) is 0 Å². The summed E-state index contributed by atoms with van der Waals surface area (Å²) < 4.78 is 0. The second-order valence-corrected chi connectivity index (χ2v) is 3.93. The highest BCUT2D eigenvalue weighted by Gasteiger charge is 2.14. The van der Waals surface area contributed by atoms with Crippen LogP contribution in [0.25, 0.3) is 0 Å². The van der Waals surface area contributed by atoms with E-state index in [1.54, 1.807) is 23.9 Å². The molecule has 0 saturated carbocycles. The maximum atomic E-state index is 8.89. The molecular weight excluding hydrogens is 185 g/mol. The topological polar surface area (TPSA) is 66.5 Å². The largest absolute Gasteiger partial charge is 0.490 e. The van der Waals surface area contributed by atoms with Crippen molar-refractivity contribution < 1.29 is 10.0 Å². The molecule has 0 heterocycles. The van der Waals surface area contributed by atoms with Gasteiger partial charge in [-0.2, -0.15) is 0 Å². The number of rotatable bonds is 3. The number of nitrogen functional groups attached to an aromatic ring is 1. The molecule has 0 aromatic heterocycles. The highest BCUT2D eigenvalue weighted by atomic mass is 32.2. The average Bonchev–Trinajstić information content (AvgIpc) is 2.04. The Balaban J connectivity index is 2.92. The lowest BCUT2D eigenvalue weighted by Gasteiger charge is -2.06. The van der Waals surface area contributed by atoms with E-state index in [0.717, 1.165) is 10.6 Å². The van der Waals surface area contributed by atoms with Gasteiger partial charge in [-0.05, 0) is 17.9 Å². The van der Waals surface area contributed by atoms with E-state index in [0.29, 0.717) is 11.2 Å². The van der Waals surface area contributed by atoms with Gasteiger partial charge in [-0.15, -0.1) is 11.8 Å². The van der Waals surface area contributed by atoms with Gasteiger partial charge in [-0.3, -0.25) is 0 Å². The second-order valence-electron chi connectivity index (χ2n) is 2.60. The van der Waals surface area contributed by atoms with Gasteiger partial charge in [0.1, 0.15) is 0 Å². The van der Waals surface area contributed by atoms with Crippen molar-refractivity contribution in [2.75, 3.05) is 11.5 Å². The zero-order valence-electron chi connectivity index (χ0n) is 7.40. The minimum absolute atomic E-state index is 0.362. The number of anilines is 1. The molecule has 70 valence electrons. The highest BCUT2D eigenvalue weighted by Crippen LogP contribution is 2.18. The van der Waals surface area contributed by atoms with Crippen LogP contribution in [-0.2, 0) is 0 Å². The van der Waals surface area contributed by atoms with Gasteiger partial charge in [0.25, 0.3) is 0 Å². The Kier molecular flexibility index (Phi) is 3.65. The Bertz CT molecular complexity index is 293. The molecule has 0 amide bonds. The smallest absolute Gasteiger partial charge is 0.423 e. The summed E-state index contributed by atoms with van der Waals surface area (Å²) in [5, 5.41) is 17.8. The van der Waals surface area contributed by atoms with Gasteiger partial charge in [-0.1, -0.05) is 13.0 Å². The van der Waals surface area contributed by atoms with Crippen LogP contribution in [-0.4, -0.2) is 22.9 Å². The summed E-state index contributed by atoms with van der Waals surface area (Å²) in [7, 11) is -1.49. The number of hydrogen-bond donors (Lipinski definition) is 3. The van der Waals surface area contributed by atoms with E-state index in [1.807, 2.05) is 6.07 Å². The van der Waals surface area contributed by atoms with Gasteiger partial charge < -0.3 is 15.8 Å². The predicted molar refractivity (Wildman–Crippen MR) is 57.1 cm³/mol. The molecule has 1 rings (SSSR count). The Labute approximate surface area is 82.1 Å². The van der Waals surface area contributed by atoms with Gasteiger partial charge in [0.2, 0.25) is 0 Å². The molecule has 3 nitrogen and oxygen atoms in total. The van der Waals surface area contributed by atoms with E-state index in [-0.39, 0.29) is 0 Å². The summed E-state index contributed by atoms with van der Waals surface area (Å²) in [6.07, 6.45) is 0. The number of benzene rings is 1. The Morgan fingerprint density at radius 3 is 2.62 bits per heavy atom. The van der Waals surface area contributed by atoms with E-state index in [9.17, 15) is 0 Å². The van der Waals surface area contributed by atoms with E-state index in [2.05, 4.69) is 6.92 Å². The zero-order chi connectivity index (χ0) is 9.84. The molecule has 0 radical (unpaired) electrons. The molecule has 4 N–H and O–H groups in total. The van der Waals surface area contributed by atoms with Crippen LogP contribution < -0.4 is 11.2 Å². The normalized spacial score (nSPS) is 10.1. The van der Waals surface area contributed by atoms with Crippen LogP contribution in [0.1, 0.15) is 6.92 Å². The van der Waals surface area contributed by atoms with Crippen LogP contribution in [0.15, 0.2) is 23.1 Å². The molecule has 0 fully saturated rings. The predicted octanol–water partition coefficient (Wildman–Crippen LogP) is 0.0606. The van der Waals surface area contributed by atoms with E-state index >= 15 is 0 Å². The Morgan fingerprint density at radius 2 is 2.15 bits per heavy atom. The molecule has 5 heteroatoms. The average molecular weight is 197 g/mol. The first-order valence-corrected chi connectivity index (χ1v) is 5.02. The van der Waals surface area contributed by atoms with E-state index < -0.39 is 7.12 Å². The first-order chi connectivity index (χ1) is 6.15. The van der Waals surface area contributed by atoms with Crippen molar-refractivity contribution in [3.8, 4) is 0 Å². The lowest BCUT2D eigenvalue weighted by atomic mass is 9.79. The number of thioether (sulfide) groups is 1. The van der Waals surface area contributed by atoms with Crippen molar-refractivity contribution >= 4 is 30.0 Å². The summed E-state index contributed by atoms with van der Waals surface area (Å²) in [6.45, 7) is 2.05. The van der Waals surface area contributed by atoms with Crippen LogP contribution in [0.4, 0.5) is 5.69 Å². The van der Waals surface area contributed by atoms with Crippen molar-refractivity contribution in [1.29, 1.82) is 0 Å². The monoisotopic (exact) mass is 197 g/mol. The summed E-state index contributed by atoms with van der Waals surface area (Å²) in [4.78, 5) is 1.05. The Morgan fingerprint density at radius 1 is 1.46 bits per heavy atom. The lowest BCUT2D eigenvalue weighted by molar-refractivity contribution is 0.426. The molecule has 13 heavy (non-hydrogen) atoms. The van der Waals surface area contributed by atoms with Crippen molar-refractivity contribution in [2.24, 2.45) is 0 Å². The van der Waals surface area contributed by atoms with Crippen LogP contribution in [0, 0.1) is 0 Å². The fourth-order valence-corrected chi connectivity index (χ4v) is 1.75. The second kappa shape index (κ2) is 4.55. The minimum atomic E-state index is -1.49. The first kappa shape index (κ1) is 10.4. The summed E-state index contributed by atoms with van der Waals surface area (Å²) >= 11 is 1.67. The van der Waals surface area contributed by atoms with Crippen molar-refractivity contribution in [2.45, 2.75) is 11.8 Å².